The van der Waals surface area contributed by atoms with Gasteiger partial charge in [-0.05, 0) is 57.7 Å². The molecule has 9 heteroatoms. The number of aryl methyl sites for hydroxylation is 3. The van der Waals surface area contributed by atoms with Gasteiger partial charge >= 0.3 is 0 Å². The number of para-hydroxylation sites is 1. The smallest absolute Gasteiger partial charge is 0.261 e. The first-order valence-corrected chi connectivity index (χ1v) is 13.3. The molecule has 0 spiro atoms. The molecule has 36 heavy (non-hydrogen) atoms. The van der Waals surface area contributed by atoms with Crippen LogP contribution in [0, 0.1) is 20.8 Å². The minimum absolute atomic E-state index is 0.0780. The average Bonchev–Trinajstić information content (AvgIpc) is 3.59. The van der Waals surface area contributed by atoms with Gasteiger partial charge in [0.25, 0.3) is 5.56 Å². The molecule has 1 amide bonds. The summed E-state index contributed by atoms with van der Waals surface area (Å²) in [5, 5.41) is 6.08. The number of nitrogens with one attached hydrogen (secondary N) is 1. The van der Waals surface area contributed by atoms with Crippen LogP contribution in [0.1, 0.15) is 42.6 Å². The molecule has 8 nitrogen and oxygen atoms in total. The Balaban J connectivity index is 1.19. The molecule has 1 saturated heterocycles. The molecule has 1 atom stereocenters. The summed E-state index contributed by atoms with van der Waals surface area (Å²) < 4.78 is 9.69. The number of nitrogens with zero attached hydrogens (tertiary/aromatic N) is 4. The van der Waals surface area contributed by atoms with E-state index < -0.39 is 0 Å². The fourth-order valence-electron chi connectivity index (χ4n) is 4.88. The van der Waals surface area contributed by atoms with Crippen LogP contribution in [0.15, 0.2) is 40.8 Å². The number of amides is 1. The minimum Gasteiger partial charge on any atom is -0.376 e. The summed E-state index contributed by atoms with van der Waals surface area (Å²) in [5.41, 5.74) is 5.92. The molecule has 1 N–H and O–H groups in total. The number of thiazole rings is 1. The Morgan fingerprint density at radius 3 is 2.94 bits per heavy atom. The van der Waals surface area contributed by atoms with Gasteiger partial charge in [-0.3, -0.25) is 14.2 Å². The van der Waals surface area contributed by atoms with Crippen LogP contribution >= 0.6 is 11.3 Å². The zero-order chi connectivity index (χ0) is 25.2. The van der Waals surface area contributed by atoms with Crippen molar-refractivity contribution in [3.63, 3.8) is 0 Å². The van der Waals surface area contributed by atoms with Crippen LogP contribution in [0.4, 0.5) is 5.13 Å². The molecule has 0 saturated carbocycles. The second-order valence-corrected chi connectivity index (χ2v) is 10.3. The summed E-state index contributed by atoms with van der Waals surface area (Å²) in [7, 11) is 0. The van der Waals surface area contributed by atoms with Crippen molar-refractivity contribution in [3.8, 4) is 11.3 Å². The Morgan fingerprint density at radius 1 is 1.28 bits per heavy atom. The highest BCUT2D eigenvalue weighted by molar-refractivity contribution is 7.14. The van der Waals surface area contributed by atoms with Gasteiger partial charge in [0.15, 0.2) is 5.13 Å². The number of aromatic nitrogens is 4. The molecule has 3 aromatic heterocycles. The summed E-state index contributed by atoms with van der Waals surface area (Å²) in [6.07, 6.45) is 4.90. The van der Waals surface area contributed by atoms with E-state index in [1.807, 2.05) is 24.4 Å². The quantitative estimate of drug-likeness (QED) is 0.370. The first kappa shape index (κ1) is 24.4. The van der Waals surface area contributed by atoms with E-state index >= 15 is 0 Å². The predicted molar refractivity (Wildman–Crippen MR) is 143 cm³/mol. The number of carbonyl (C=O) groups is 1. The number of carbonyl (C=O) groups excluding carboxylic acids is 1. The number of rotatable bonds is 8. The third-order valence-corrected chi connectivity index (χ3v) is 7.63. The Bertz CT molecular complexity index is 1460. The molecular formula is C27H31N5O3S. The Labute approximate surface area is 214 Å². The van der Waals surface area contributed by atoms with Crippen LogP contribution in [0.5, 0.6) is 0 Å². The van der Waals surface area contributed by atoms with E-state index in [2.05, 4.69) is 39.8 Å². The van der Waals surface area contributed by atoms with Gasteiger partial charge in [0.2, 0.25) is 5.91 Å². The Morgan fingerprint density at radius 2 is 2.14 bits per heavy atom. The van der Waals surface area contributed by atoms with Gasteiger partial charge in [-0.1, -0.05) is 12.1 Å². The van der Waals surface area contributed by atoms with Gasteiger partial charge in [-0.2, -0.15) is 0 Å². The van der Waals surface area contributed by atoms with Crippen LogP contribution in [-0.4, -0.2) is 37.7 Å². The highest BCUT2D eigenvalue weighted by atomic mass is 32.1. The zero-order valence-corrected chi connectivity index (χ0v) is 21.7. The molecule has 1 aromatic carbocycles. The van der Waals surface area contributed by atoms with Crippen LogP contribution < -0.4 is 10.9 Å². The molecule has 0 bridgehead atoms. The van der Waals surface area contributed by atoms with E-state index in [1.165, 1.54) is 17.0 Å². The van der Waals surface area contributed by atoms with E-state index in [4.69, 9.17) is 4.74 Å². The maximum atomic E-state index is 12.7. The normalized spacial score (nSPS) is 15.6. The third kappa shape index (κ3) is 4.99. The average molecular weight is 506 g/mol. The van der Waals surface area contributed by atoms with Gasteiger partial charge < -0.3 is 14.6 Å². The number of anilines is 1. The number of benzene rings is 1. The van der Waals surface area contributed by atoms with Crippen molar-refractivity contribution in [2.24, 2.45) is 0 Å². The zero-order valence-electron chi connectivity index (χ0n) is 20.9. The lowest BCUT2D eigenvalue weighted by molar-refractivity contribution is -0.116. The minimum atomic E-state index is -0.114. The van der Waals surface area contributed by atoms with Crippen molar-refractivity contribution >= 4 is 33.3 Å². The standard InChI is InChI=1S/C27H31N5O3S/c1-17-7-4-9-21-25(17)28-16-31(26(21)34)11-5-10-24(33)30-27-29-23(15-36-27)22-13-18(2)32(19(22)3)14-20-8-6-12-35-20/h4,7,9,13,15-16,20H,5-6,8,10-12,14H2,1-3H3,(H,29,30,33). The van der Waals surface area contributed by atoms with Gasteiger partial charge in [0.1, 0.15) is 0 Å². The topological polar surface area (TPSA) is 91.0 Å². The van der Waals surface area contributed by atoms with Crippen LogP contribution in [0.25, 0.3) is 22.2 Å². The van der Waals surface area contributed by atoms with Crippen LogP contribution in [0.3, 0.4) is 0 Å². The molecule has 1 aliphatic rings. The molecule has 188 valence electrons. The lowest BCUT2D eigenvalue weighted by atomic mass is 10.1. The lowest BCUT2D eigenvalue weighted by Crippen LogP contribution is -2.22. The SMILES string of the molecule is Cc1cccc2c(=O)n(CCCC(=O)Nc3nc(-c4cc(C)n(CC5CCCO5)c4C)cs3)cnc12. The second-order valence-electron chi connectivity index (χ2n) is 9.43. The van der Waals surface area contributed by atoms with Crippen molar-refractivity contribution in [2.75, 3.05) is 11.9 Å². The summed E-state index contributed by atoms with van der Waals surface area (Å²) in [4.78, 5) is 34.4. The summed E-state index contributed by atoms with van der Waals surface area (Å²) in [6, 6.07) is 7.75. The van der Waals surface area contributed by atoms with Crippen molar-refractivity contribution in [2.45, 2.75) is 65.6 Å². The molecule has 5 rings (SSSR count). The molecule has 4 aromatic rings. The van der Waals surface area contributed by atoms with Crippen molar-refractivity contribution < 1.29 is 9.53 Å². The first-order valence-electron chi connectivity index (χ1n) is 12.4. The number of ether oxygens (including phenoxy) is 1. The Kier molecular flexibility index (Phi) is 7.02. The molecule has 0 aliphatic carbocycles. The molecular weight excluding hydrogens is 474 g/mol. The second kappa shape index (κ2) is 10.4. The molecule has 0 radical (unpaired) electrons. The third-order valence-electron chi connectivity index (χ3n) is 6.87. The Hall–Kier alpha value is -3.30. The van der Waals surface area contributed by atoms with E-state index in [-0.39, 0.29) is 17.6 Å². The fraction of sp³-hybridized carbons (Fsp3) is 0.407. The number of hydrogen-bond donors (Lipinski definition) is 1. The van der Waals surface area contributed by atoms with Crippen molar-refractivity contribution in [1.82, 2.24) is 19.1 Å². The van der Waals surface area contributed by atoms with Gasteiger partial charge in [-0.15, -0.1) is 11.3 Å². The highest BCUT2D eigenvalue weighted by Crippen LogP contribution is 2.31. The maximum Gasteiger partial charge on any atom is 0.261 e. The van der Waals surface area contributed by atoms with Crippen LogP contribution in [0.2, 0.25) is 0 Å². The van der Waals surface area contributed by atoms with Crippen molar-refractivity contribution in [1.29, 1.82) is 0 Å². The van der Waals surface area contributed by atoms with Crippen molar-refractivity contribution in [3.05, 3.63) is 63.3 Å². The summed E-state index contributed by atoms with van der Waals surface area (Å²) >= 11 is 1.42. The van der Waals surface area contributed by atoms with Gasteiger partial charge in [0, 0.05) is 48.4 Å². The predicted octanol–water partition coefficient (Wildman–Crippen LogP) is 4.84. The molecule has 1 unspecified atom stereocenters. The van der Waals surface area contributed by atoms with Gasteiger partial charge in [0.05, 0.1) is 29.0 Å². The molecule has 1 fully saturated rings. The number of hydrogen-bond acceptors (Lipinski definition) is 6. The summed E-state index contributed by atoms with van der Waals surface area (Å²) in [5.74, 6) is -0.114. The fourth-order valence-corrected chi connectivity index (χ4v) is 5.60. The molecule has 1 aliphatic heterocycles. The first-order chi connectivity index (χ1) is 17.4. The van der Waals surface area contributed by atoms with E-state index in [1.54, 1.807) is 17.0 Å². The maximum absolute atomic E-state index is 12.7. The highest BCUT2D eigenvalue weighted by Gasteiger charge is 2.20. The monoisotopic (exact) mass is 505 g/mol. The molecule has 4 heterocycles. The van der Waals surface area contributed by atoms with E-state index in [0.717, 1.165) is 54.0 Å². The largest absolute Gasteiger partial charge is 0.376 e. The number of fused-ring (bicyclic) bond motifs is 1. The van der Waals surface area contributed by atoms with E-state index in [9.17, 15) is 9.59 Å². The van der Waals surface area contributed by atoms with E-state index in [0.29, 0.717) is 29.9 Å². The van der Waals surface area contributed by atoms with Gasteiger partial charge in [-0.25, -0.2) is 9.97 Å². The van der Waals surface area contributed by atoms with Crippen LogP contribution in [-0.2, 0) is 22.6 Å². The lowest BCUT2D eigenvalue weighted by Gasteiger charge is -2.14. The summed E-state index contributed by atoms with van der Waals surface area (Å²) in [6.45, 7) is 8.31.